The van der Waals surface area contributed by atoms with Crippen LogP contribution < -0.4 is 20.7 Å². The van der Waals surface area contributed by atoms with Crippen LogP contribution in [0.1, 0.15) is 20.7 Å². The third kappa shape index (κ3) is 2.62. The number of carboxylic acid groups (broad SMARTS) is 2. The molecule has 1 unspecified atom stereocenters. The summed E-state index contributed by atoms with van der Waals surface area (Å²) in [5, 5.41) is 19.7. The fraction of sp³-hybridized carbons (Fsp3) is 0. The number of fused-ring (bicyclic) bond motifs is 2. The van der Waals surface area contributed by atoms with Gasteiger partial charge in [0, 0.05) is 5.30 Å². The van der Waals surface area contributed by atoms with Crippen LogP contribution in [0, 0.1) is 0 Å². The highest BCUT2D eigenvalue weighted by atomic mass is 31.2. The summed E-state index contributed by atoms with van der Waals surface area (Å²) < 4.78 is 20.1. The summed E-state index contributed by atoms with van der Waals surface area (Å²) in [7, 11) is -3.44. The van der Waals surface area contributed by atoms with Crippen molar-refractivity contribution >= 4 is 35.0 Å². The van der Waals surface area contributed by atoms with Crippen molar-refractivity contribution in [3.63, 3.8) is 0 Å². The molecule has 0 amide bonds. The Hall–Kier alpha value is -3.37. The first kappa shape index (κ1) is 17.1. The SMILES string of the molecule is O=C(O)c1ccc2c(c1)Oc1ccc(C(=O)O)cc1P2(=O)c1ccccc1. The Morgan fingerprint density at radius 2 is 1.37 bits per heavy atom. The lowest BCUT2D eigenvalue weighted by Gasteiger charge is -2.29. The van der Waals surface area contributed by atoms with Crippen LogP contribution >= 0.6 is 7.14 Å². The number of hydrogen-bond donors (Lipinski definition) is 2. The fourth-order valence-electron chi connectivity index (χ4n) is 3.14. The molecule has 3 aromatic carbocycles. The van der Waals surface area contributed by atoms with Gasteiger partial charge in [-0.2, -0.15) is 0 Å². The number of ether oxygens (including phenoxy) is 1. The summed E-state index contributed by atoms with van der Waals surface area (Å²) in [6.07, 6.45) is 0. The minimum absolute atomic E-state index is 0.000822. The maximum Gasteiger partial charge on any atom is 0.335 e. The number of benzene rings is 3. The third-order valence-electron chi connectivity index (χ3n) is 4.43. The molecule has 0 aromatic heterocycles. The monoisotopic (exact) mass is 380 g/mol. The van der Waals surface area contributed by atoms with E-state index in [1.807, 2.05) is 0 Å². The van der Waals surface area contributed by atoms with Crippen molar-refractivity contribution in [2.75, 3.05) is 0 Å². The van der Waals surface area contributed by atoms with E-state index in [0.717, 1.165) is 0 Å². The average Bonchev–Trinajstić information content (AvgIpc) is 2.68. The van der Waals surface area contributed by atoms with Crippen LogP contribution in [0.15, 0.2) is 66.7 Å². The van der Waals surface area contributed by atoms with Gasteiger partial charge < -0.3 is 19.5 Å². The molecule has 1 atom stereocenters. The van der Waals surface area contributed by atoms with Crippen LogP contribution in [-0.2, 0) is 4.57 Å². The molecule has 3 aromatic rings. The van der Waals surface area contributed by atoms with Crippen LogP contribution in [0.3, 0.4) is 0 Å². The van der Waals surface area contributed by atoms with Crippen LogP contribution in [0.2, 0.25) is 0 Å². The molecule has 0 spiro atoms. The smallest absolute Gasteiger partial charge is 0.335 e. The highest BCUT2D eigenvalue weighted by molar-refractivity contribution is 7.85. The lowest BCUT2D eigenvalue weighted by atomic mass is 10.2. The second-order valence-corrected chi connectivity index (χ2v) is 8.72. The fourth-order valence-corrected chi connectivity index (χ4v) is 6.00. The second kappa shape index (κ2) is 6.11. The predicted molar refractivity (Wildman–Crippen MR) is 99.8 cm³/mol. The first-order chi connectivity index (χ1) is 12.9. The van der Waals surface area contributed by atoms with Gasteiger partial charge in [-0.1, -0.05) is 30.3 Å². The van der Waals surface area contributed by atoms with Gasteiger partial charge >= 0.3 is 11.9 Å². The molecular weight excluding hydrogens is 367 g/mol. The molecule has 0 bridgehead atoms. The third-order valence-corrected chi connectivity index (χ3v) is 7.53. The van der Waals surface area contributed by atoms with Crippen molar-refractivity contribution in [3.05, 3.63) is 77.9 Å². The molecule has 0 radical (unpaired) electrons. The van der Waals surface area contributed by atoms with Crippen molar-refractivity contribution < 1.29 is 29.1 Å². The largest absolute Gasteiger partial charge is 0.478 e. The Morgan fingerprint density at radius 3 is 2.04 bits per heavy atom. The van der Waals surface area contributed by atoms with Crippen LogP contribution in [-0.4, -0.2) is 22.2 Å². The van der Waals surface area contributed by atoms with E-state index in [4.69, 9.17) is 4.74 Å². The molecule has 0 fully saturated rings. The van der Waals surface area contributed by atoms with Crippen molar-refractivity contribution in [2.45, 2.75) is 0 Å². The Labute approximate surface area is 154 Å². The van der Waals surface area contributed by atoms with Crippen molar-refractivity contribution in [2.24, 2.45) is 0 Å². The number of rotatable bonds is 3. The van der Waals surface area contributed by atoms with Gasteiger partial charge in [-0.05, 0) is 36.4 Å². The Bertz CT molecular complexity index is 1140. The summed E-state index contributed by atoms with van der Waals surface area (Å²) in [6, 6.07) is 17.0. The van der Waals surface area contributed by atoms with Gasteiger partial charge in [-0.15, -0.1) is 0 Å². The maximum atomic E-state index is 14.3. The van der Waals surface area contributed by atoms with E-state index < -0.39 is 19.1 Å². The van der Waals surface area contributed by atoms with Crippen molar-refractivity contribution in [1.29, 1.82) is 0 Å². The van der Waals surface area contributed by atoms with Gasteiger partial charge in [-0.3, -0.25) is 0 Å². The minimum Gasteiger partial charge on any atom is -0.478 e. The summed E-state index contributed by atoms with van der Waals surface area (Å²) in [6.45, 7) is 0. The first-order valence-corrected chi connectivity index (χ1v) is 9.71. The molecule has 7 heteroatoms. The van der Waals surface area contributed by atoms with E-state index in [1.165, 1.54) is 36.4 Å². The lowest BCUT2D eigenvalue weighted by Crippen LogP contribution is -2.31. The molecule has 134 valence electrons. The summed E-state index contributed by atoms with van der Waals surface area (Å²) >= 11 is 0. The minimum atomic E-state index is -3.44. The van der Waals surface area contributed by atoms with Gasteiger partial charge in [-0.25, -0.2) is 9.59 Å². The van der Waals surface area contributed by atoms with Gasteiger partial charge in [0.2, 0.25) is 0 Å². The van der Waals surface area contributed by atoms with E-state index in [-0.39, 0.29) is 27.9 Å². The number of carboxylic acids is 2. The summed E-state index contributed by atoms with van der Waals surface area (Å²) in [5.41, 5.74) is 0.0121. The highest BCUT2D eigenvalue weighted by Gasteiger charge is 2.39. The maximum absolute atomic E-state index is 14.3. The molecule has 0 saturated carbocycles. The Morgan fingerprint density at radius 1 is 0.741 bits per heavy atom. The zero-order chi connectivity index (χ0) is 19.2. The molecule has 27 heavy (non-hydrogen) atoms. The number of aromatic carboxylic acids is 2. The summed E-state index contributed by atoms with van der Waals surface area (Å²) in [4.78, 5) is 22.7. The zero-order valence-electron chi connectivity index (χ0n) is 13.8. The molecule has 1 aliphatic rings. The van der Waals surface area contributed by atoms with E-state index >= 15 is 0 Å². The molecule has 4 rings (SSSR count). The zero-order valence-corrected chi connectivity index (χ0v) is 14.7. The van der Waals surface area contributed by atoms with E-state index in [0.29, 0.717) is 10.6 Å². The van der Waals surface area contributed by atoms with Crippen molar-refractivity contribution in [3.8, 4) is 11.5 Å². The second-order valence-electron chi connectivity index (χ2n) is 6.02. The average molecular weight is 380 g/mol. The van der Waals surface area contributed by atoms with E-state index in [9.17, 15) is 24.4 Å². The molecule has 0 aliphatic carbocycles. The van der Waals surface area contributed by atoms with Crippen molar-refractivity contribution in [1.82, 2.24) is 0 Å². The summed E-state index contributed by atoms with van der Waals surface area (Å²) in [5.74, 6) is -1.81. The molecule has 6 nitrogen and oxygen atoms in total. The first-order valence-electron chi connectivity index (χ1n) is 8.00. The van der Waals surface area contributed by atoms with Gasteiger partial charge in [0.05, 0.1) is 21.7 Å². The quantitative estimate of drug-likeness (QED) is 0.530. The molecule has 2 N–H and O–H groups in total. The molecule has 1 aliphatic heterocycles. The Kier molecular flexibility index (Phi) is 3.86. The van der Waals surface area contributed by atoms with Crippen LogP contribution in [0.4, 0.5) is 0 Å². The molecule has 0 saturated heterocycles. The number of carbonyl (C=O) groups is 2. The standard InChI is InChI=1S/C20H13O6P/c21-19(22)12-7-9-17-16(10-12)26-15-8-6-13(20(23)24)11-18(15)27(17,25)14-4-2-1-3-5-14/h1-11H,(H,21,22)(H,23,24). The predicted octanol–water partition coefficient (Wildman–Crippen LogP) is 2.83. The van der Waals surface area contributed by atoms with Crippen LogP contribution in [0.25, 0.3) is 0 Å². The normalized spacial score (nSPS) is 17.3. The lowest BCUT2D eigenvalue weighted by molar-refractivity contribution is 0.0686. The van der Waals surface area contributed by atoms with Gasteiger partial charge in [0.15, 0.2) is 7.14 Å². The Balaban J connectivity index is 2.04. The van der Waals surface area contributed by atoms with E-state index in [1.54, 1.807) is 30.3 Å². The van der Waals surface area contributed by atoms with Gasteiger partial charge in [0.25, 0.3) is 0 Å². The van der Waals surface area contributed by atoms with Crippen LogP contribution in [0.5, 0.6) is 11.5 Å². The molecular formula is C20H13O6P. The van der Waals surface area contributed by atoms with E-state index in [2.05, 4.69) is 0 Å². The molecule has 1 heterocycles. The highest BCUT2D eigenvalue weighted by Crippen LogP contribution is 2.51. The van der Waals surface area contributed by atoms with Gasteiger partial charge in [0.1, 0.15) is 11.5 Å². The number of hydrogen-bond acceptors (Lipinski definition) is 4. The topological polar surface area (TPSA) is 101 Å².